The zero-order chi connectivity index (χ0) is 15.3. The van der Waals surface area contributed by atoms with Crippen LogP contribution in [0.3, 0.4) is 0 Å². The van der Waals surface area contributed by atoms with E-state index in [1.807, 2.05) is 37.3 Å². The van der Waals surface area contributed by atoms with E-state index >= 15 is 0 Å². The number of ether oxygens (including phenoxy) is 1. The van der Waals surface area contributed by atoms with Crippen molar-refractivity contribution in [2.75, 3.05) is 7.11 Å². The van der Waals surface area contributed by atoms with E-state index in [1.165, 1.54) is 0 Å². The topological polar surface area (TPSA) is 59.4 Å². The number of aromatic nitrogens is 1. The average Bonchev–Trinajstić information content (AvgIpc) is 2.53. The van der Waals surface area contributed by atoms with E-state index in [4.69, 9.17) is 4.74 Å². The van der Waals surface area contributed by atoms with Gasteiger partial charge in [0.1, 0.15) is 5.41 Å². The minimum absolute atomic E-state index is 0.485. The molecular formula is C17H19NO3. The lowest BCUT2D eigenvalue weighted by Crippen LogP contribution is -2.48. The molecule has 1 heterocycles. The molecule has 0 aliphatic rings. The van der Waals surface area contributed by atoms with Crippen molar-refractivity contribution in [3.63, 3.8) is 0 Å². The van der Waals surface area contributed by atoms with Gasteiger partial charge >= 0.3 is 5.97 Å². The van der Waals surface area contributed by atoms with Gasteiger partial charge in [-0.3, -0.25) is 9.78 Å². The number of carboxylic acids is 1. The zero-order valence-electron chi connectivity index (χ0n) is 12.2. The van der Waals surface area contributed by atoms with E-state index < -0.39 is 17.5 Å². The van der Waals surface area contributed by atoms with Crippen molar-refractivity contribution in [1.29, 1.82) is 0 Å². The smallest absolute Gasteiger partial charge is 0.321 e. The number of hydrogen-bond donors (Lipinski definition) is 1. The number of benzene rings is 1. The quantitative estimate of drug-likeness (QED) is 0.886. The van der Waals surface area contributed by atoms with Crippen LogP contribution in [0.2, 0.25) is 0 Å². The maximum Gasteiger partial charge on any atom is 0.321 e. The molecule has 110 valence electrons. The largest absolute Gasteiger partial charge is 0.480 e. The van der Waals surface area contributed by atoms with Gasteiger partial charge in [-0.1, -0.05) is 43.3 Å². The third-order valence-electron chi connectivity index (χ3n) is 3.82. The van der Waals surface area contributed by atoms with Crippen molar-refractivity contribution in [2.45, 2.75) is 24.9 Å². The highest BCUT2D eigenvalue weighted by molar-refractivity contribution is 5.87. The fourth-order valence-corrected chi connectivity index (χ4v) is 2.87. The van der Waals surface area contributed by atoms with Crippen LogP contribution in [0.15, 0.2) is 54.9 Å². The summed E-state index contributed by atoms with van der Waals surface area (Å²) in [6, 6.07) is 12.7. The summed E-state index contributed by atoms with van der Waals surface area (Å²) >= 11 is 0. The summed E-state index contributed by atoms with van der Waals surface area (Å²) in [6.07, 6.45) is 3.33. The summed E-state index contributed by atoms with van der Waals surface area (Å²) in [6.45, 7) is 1.92. The second-order valence-corrected chi connectivity index (χ2v) is 4.85. The highest BCUT2D eigenvalue weighted by atomic mass is 16.5. The molecule has 0 saturated carbocycles. The molecule has 21 heavy (non-hydrogen) atoms. The summed E-state index contributed by atoms with van der Waals surface area (Å²) in [5.74, 6) is -0.935. The van der Waals surface area contributed by atoms with Crippen LogP contribution in [-0.2, 0) is 14.9 Å². The number of carboxylic acid groups (broad SMARTS) is 1. The Morgan fingerprint density at radius 3 is 2.38 bits per heavy atom. The molecule has 0 aliphatic heterocycles. The summed E-state index contributed by atoms with van der Waals surface area (Å²) in [5.41, 5.74) is 0.0514. The van der Waals surface area contributed by atoms with Gasteiger partial charge in [0.25, 0.3) is 0 Å². The van der Waals surface area contributed by atoms with Crippen LogP contribution < -0.4 is 0 Å². The van der Waals surface area contributed by atoms with Gasteiger partial charge in [0.05, 0.1) is 6.10 Å². The van der Waals surface area contributed by atoms with E-state index in [0.717, 1.165) is 0 Å². The molecule has 1 aromatic carbocycles. The summed E-state index contributed by atoms with van der Waals surface area (Å²) in [4.78, 5) is 16.4. The molecule has 0 aliphatic carbocycles. The minimum Gasteiger partial charge on any atom is -0.480 e. The van der Waals surface area contributed by atoms with Crippen LogP contribution in [0.4, 0.5) is 0 Å². The first kappa shape index (κ1) is 15.2. The standard InChI is InChI=1S/C17H19NO3/c1-3-15(21-2)17(16(19)20,13-8-5-4-6-9-13)14-10-7-11-18-12-14/h4-12,15H,3H2,1-2H3,(H,19,20). The van der Waals surface area contributed by atoms with Crippen molar-refractivity contribution in [3.05, 3.63) is 66.0 Å². The number of pyridine rings is 1. The number of rotatable bonds is 6. The maximum atomic E-state index is 12.3. The molecule has 4 heteroatoms. The first-order valence-electron chi connectivity index (χ1n) is 6.90. The Labute approximate surface area is 124 Å². The first-order valence-corrected chi connectivity index (χ1v) is 6.90. The minimum atomic E-state index is -1.26. The number of nitrogens with zero attached hydrogens (tertiary/aromatic N) is 1. The molecule has 1 aromatic heterocycles. The summed E-state index contributed by atoms with van der Waals surface area (Å²) in [5, 5.41) is 10.1. The Bertz CT molecular complexity index is 540. The lowest BCUT2D eigenvalue weighted by molar-refractivity contribution is -0.147. The molecule has 0 bridgehead atoms. The van der Waals surface area contributed by atoms with Crippen molar-refractivity contribution in [2.24, 2.45) is 0 Å². The van der Waals surface area contributed by atoms with Gasteiger partial charge in [-0.05, 0) is 23.6 Å². The Kier molecular flexibility index (Phi) is 4.70. The number of carbonyl (C=O) groups is 1. The van der Waals surface area contributed by atoms with Gasteiger partial charge in [0.2, 0.25) is 0 Å². The molecule has 2 atom stereocenters. The second kappa shape index (κ2) is 6.50. The van der Waals surface area contributed by atoms with Gasteiger partial charge < -0.3 is 9.84 Å². The van der Waals surface area contributed by atoms with Crippen LogP contribution in [0.5, 0.6) is 0 Å². The van der Waals surface area contributed by atoms with Crippen LogP contribution in [-0.4, -0.2) is 29.3 Å². The van der Waals surface area contributed by atoms with Gasteiger partial charge in [0.15, 0.2) is 0 Å². The molecule has 1 N–H and O–H groups in total. The number of aliphatic carboxylic acids is 1. The van der Waals surface area contributed by atoms with Gasteiger partial charge in [-0.2, -0.15) is 0 Å². The zero-order valence-corrected chi connectivity index (χ0v) is 12.2. The predicted octanol–water partition coefficient (Wildman–Crippen LogP) is 2.88. The lowest BCUT2D eigenvalue weighted by Gasteiger charge is -2.36. The fourth-order valence-electron chi connectivity index (χ4n) is 2.87. The van der Waals surface area contributed by atoms with Gasteiger partial charge in [-0.25, -0.2) is 0 Å². The molecule has 2 rings (SSSR count). The molecule has 0 amide bonds. The van der Waals surface area contributed by atoms with Crippen molar-refractivity contribution < 1.29 is 14.6 Å². The number of methoxy groups -OCH3 is 1. The lowest BCUT2D eigenvalue weighted by atomic mass is 9.70. The van der Waals surface area contributed by atoms with Crippen LogP contribution in [0, 0.1) is 0 Å². The molecular weight excluding hydrogens is 266 g/mol. The van der Waals surface area contributed by atoms with E-state index in [2.05, 4.69) is 4.98 Å². The number of hydrogen-bond acceptors (Lipinski definition) is 3. The average molecular weight is 285 g/mol. The molecule has 4 nitrogen and oxygen atoms in total. The van der Waals surface area contributed by atoms with Gasteiger partial charge in [-0.15, -0.1) is 0 Å². The maximum absolute atomic E-state index is 12.3. The van der Waals surface area contributed by atoms with E-state index in [-0.39, 0.29) is 0 Å². The van der Waals surface area contributed by atoms with Crippen LogP contribution >= 0.6 is 0 Å². The van der Waals surface area contributed by atoms with Crippen molar-refractivity contribution in [1.82, 2.24) is 4.98 Å². The second-order valence-electron chi connectivity index (χ2n) is 4.85. The van der Waals surface area contributed by atoms with E-state index in [9.17, 15) is 9.90 Å². The third kappa shape index (κ3) is 2.54. The molecule has 0 radical (unpaired) electrons. The SMILES string of the molecule is CCC(OC)C(C(=O)O)(c1ccccc1)c1cccnc1. The summed E-state index contributed by atoms with van der Waals surface area (Å²) < 4.78 is 5.53. The normalized spacial score (nSPS) is 15.1. The Hall–Kier alpha value is -2.20. The van der Waals surface area contributed by atoms with Crippen molar-refractivity contribution >= 4 is 5.97 Å². The molecule has 0 saturated heterocycles. The summed E-state index contributed by atoms with van der Waals surface area (Å²) in [7, 11) is 1.55. The van der Waals surface area contributed by atoms with E-state index in [0.29, 0.717) is 17.5 Å². The Morgan fingerprint density at radius 2 is 1.90 bits per heavy atom. The highest BCUT2D eigenvalue weighted by Crippen LogP contribution is 2.38. The van der Waals surface area contributed by atoms with Gasteiger partial charge in [0, 0.05) is 19.5 Å². The molecule has 2 unspecified atom stereocenters. The molecule has 2 aromatic rings. The fraction of sp³-hybridized carbons (Fsp3) is 0.294. The predicted molar refractivity (Wildman–Crippen MR) is 80.2 cm³/mol. The Balaban J connectivity index is 2.75. The monoisotopic (exact) mass is 285 g/mol. The molecule has 0 fully saturated rings. The van der Waals surface area contributed by atoms with Crippen LogP contribution in [0.25, 0.3) is 0 Å². The highest BCUT2D eigenvalue weighted by Gasteiger charge is 2.49. The third-order valence-corrected chi connectivity index (χ3v) is 3.82. The molecule has 0 spiro atoms. The van der Waals surface area contributed by atoms with E-state index in [1.54, 1.807) is 31.6 Å². The van der Waals surface area contributed by atoms with Crippen molar-refractivity contribution in [3.8, 4) is 0 Å². The Morgan fingerprint density at radius 1 is 1.24 bits per heavy atom. The first-order chi connectivity index (χ1) is 10.2. The van der Waals surface area contributed by atoms with Crippen LogP contribution in [0.1, 0.15) is 24.5 Å².